The van der Waals surface area contributed by atoms with Gasteiger partial charge in [0, 0.05) is 35.7 Å². The van der Waals surface area contributed by atoms with Crippen LogP contribution in [-0.4, -0.2) is 61.6 Å². The van der Waals surface area contributed by atoms with Crippen LogP contribution in [0.25, 0.3) is 0 Å². The highest BCUT2D eigenvalue weighted by Crippen LogP contribution is 2.34. The standard InChI is InChI=1S/C26H26ClFN2O4S/c1-33-13-12-29(26(32)18-5-4-6-19(27)15-18)16-25(31)30-11-9-24-20(10-14-35-24)22(30)17-34-23-8-3-2-7-21(23)28/h2-8,10,14-15,22H,9,11-13,16-17H2,1H3. The monoisotopic (exact) mass is 516 g/mol. The third-order valence-electron chi connectivity index (χ3n) is 5.90. The van der Waals surface area contributed by atoms with Crippen LogP contribution in [0.4, 0.5) is 4.39 Å². The normalized spacial score (nSPS) is 14.9. The lowest BCUT2D eigenvalue weighted by Gasteiger charge is -2.37. The number of fused-ring (bicyclic) bond motifs is 1. The van der Waals surface area contributed by atoms with Gasteiger partial charge in [0.2, 0.25) is 5.91 Å². The maximum absolute atomic E-state index is 14.1. The molecule has 0 radical (unpaired) electrons. The number of amides is 2. The van der Waals surface area contributed by atoms with Crippen LogP contribution in [0.15, 0.2) is 60.0 Å². The van der Waals surface area contributed by atoms with E-state index >= 15 is 0 Å². The van der Waals surface area contributed by atoms with Gasteiger partial charge in [-0.3, -0.25) is 9.59 Å². The van der Waals surface area contributed by atoms with Crippen molar-refractivity contribution < 1.29 is 23.5 Å². The van der Waals surface area contributed by atoms with Gasteiger partial charge < -0.3 is 19.3 Å². The summed E-state index contributed by atoms with van der Waals surface area (Å²) >= 11 is 7.70. The Balaban J connectivity index is 1.53. The van der Waals surface area contributed by atoms with E-state index in [0.717, 1.165) is 12.0 Å². The second-order valence-electron chi connectivity index (χ2n) is 8.12. The van der Waals surface area contributed by atoms with E-state index in [2.05, 4.69) is 0 Å². The highest BCUT2D eigenvalue weighted by atomic mass is 35.5. The van der Waals surface area contributed by atoms with Gasteiger partial charge in [-0.1, -0.05) is 29.8 Å². The van der Waals surface area contributed by atoms with Gasteiger partial charge in [0.1, 0.15) is 13.2 Å². The molecule has 2 aromatic carbocycles. The van der Waals surface area contributed by atoms with E-state index in [9.17, 15) is 14.0 Å². The average Bonchev–Trinajstić information content (AvgIpc) is 3.34. The van der Waals surface area contributed by atoms with Crippen LogP contribution in [0, 0.1) is 5.82 Å². The van der Waals surface area contributed by atoms with E-state index in [1.165, 1.54) is 15.8 Å². The van der Waals surface area contributed by atoms with Crippen molar-refractivity contribution in [2.45, 2.75) is 12.5 Å². The van der Waals surface area contributed by atoms with Crippen molar-refractivity contribution in [3.8, 4) is 5.75 Å². The molecule has 0 bridgehead atoms. The summed E-state index contributed by atoms with van der Waals surface area (Å²) in [7, 11) is 1.54. The number of rotatable bonds is 9. The van der Waals surface area contributed by atoms with Crippen LogP contribution in [0.3, 0.4) is 0 Å². The number of carbonyl (C=O) groups is 2. The van der Waals surface area contributed by atoms with E-state index in [4.69, 9.17) is 21.1 Å². The lowest BCUT2D eigenvalue weighted by atomic mass is 10.0. The van der Waals surface area contributed by atoms with Gasteiger partial charge in [-0.25, -0.2) is 4.39 Å². The van der Waals surface area contributed by atoms with Crippen LogP contribution in [0.2, 0.25) is 5.02 Å². The number of benzene rings is 2. The molecule has 0 aliphatic carbocycles. The van der Waals surface area contributed by atoms with Crippen LogP contribution in [0.5, 0.6) is 5.75 Å². The summed E-state index contributed by atoms with van der Waals surface area (Å²) in [4.78, 5) is 31.1. The molecular formula is C26H26ClFN2O4S. The van der Waals surface area contributed by atoms with Gasteiger partial charge in [0.15, 0.2) is 11.6 Å². The summed E-state index contributed by atoms with van der Waals surface area (Å²) in [6.45, 7) is 1.01. The molecule has 1 atom stereocenters. The summed E-state index contributed by atoms with van der Waals surface area (Å²) in [5.74, 6) is -0.828. The molecule has 0 saturated heterocycles. The summed E-state index contributed by atoms with van der Waals surface area (Å²) in [5.41, 5.74) is 1.40. The van der Waals surface area contributed by atoms with E-state index < -0.39 is 5.82 Å². The van der Waals surface area contributed by atoms with Crippen LogP contribution >= 0.6 is 22.9 Å². The Morgan fingerprint density at radius 2 is 2.03 bits per heavy atom. The minimum Gasteiger partial charge on any atom is -0.488 e. The number of nitrogens with zero attached hydrogens (tertiary/aromatic N) is 2. The van der Waals surface area contributed by atoms with Crippen LogP contribution in [-0.2, 0) is 16.0 Å². The lowest BCUT2D eigenvalue weighted by Crippen LogP contribution is -2.48. The highest BCUT2D eigenvalue weighted by Gasteiger charge is 2.33. The van der Waals surface area contributed by atoms with Crippen molar-refractivity contribution >= 4 is 34.8 Å². The predicted octanol–water partition coefficient (Wildman–Crippen LogP) is 4.83. The van der Waals surface area contributed by atoms with Crippen LogP contribution in [0.1, 0.15) is 26.8 Å². The minimum atomic E-state index is -0.454. The summed E-state index contributed by atoms with van der Waals surface area (Å²) < 4.78 is 25.1. The van der Waals surface area contributed by atoms with Crippen molar-refractivity contribution in [1.29, 1.82) is 0 Å². The molecule has 1 unspecified atom stereocenters. The highest BCUT2D eigenvalue weighted by molar-refractivity contribution is 7.10. The van der Waals surface area contributed by atoms with Gasteiger partial charge >= 0.3 is 0 Å². The predicted molar refractivity (Wildman–Crippen MR) is 134 cm³/mol. The lowest BCUT2D eigenvalue weighted by molar-refractivity contribution is -0.135. The van der Waals surface area contributed by atoms with E-state index in [-0.39, 0.29) is 49.9 Å². The Morgan fingerprint density at radius 1 is 1.20 bits per heavy atom. The molecule has 6 nitrogen and oxygen atoms in total. The molecule has 4 rings (SSSR count). The molecule has 0 saturated carbocycles. The number of halogens is 2. The first-order valence-electron chi connectivity index (χ1n) is 11.2. The third-order valence-corrected chi connectivity index (χ3v) is 7.13. The minimum absolute atomic E-state index is 0.108. The molecule has 1 aromatic heterocycles. The topological polar surface area (TPSA) is 59.1 Å². The number of para-hydroxylation sites is 1. The molecule has 0 spiro atoms. The van der Waals surface area contributed by atoms with Gasteiger partial charge in [0.05, 0.1) is 12.6 Å². The molecule has 35 heavy (non-hydrogen) atoms. The first-order chi connectivity index (χ1) is 17.0. The van der Waals surface area contributed by atoms with Crippen LogP contribution < -0.4 is 4.74 Å². The fourth-order valence-electron chi connectivity index (χ4n) is 4.12. The number of methoxy groups -OCH3 is 1. The van der Waals surface area contributed by atoms with Crippen molar-refractivity contribution in [2.24, 2.45) is 0 Å². The zero-order valence-electron chi connectivity index (χ0n) is 19.3. The van der Waals surface area contributed by atoms with Crippen molar-refractivity contribution in [3.63, 3.8) is 0 Å². The van der Waals surface area contributed by atoms with Gasteiger partial charge in [-0.05, 0) is 53.8 Å². The SMILES string of the molecule is COCCN(CC(=O)N1CCc2sccc2C1COc1ccccc1F)C(=O)c1cccc(Cl)c1. The Hall–Kier alpha value is -2.94. The molecule has 1 aliphatic rings. The largest absolute Gasteiger partial charge is 0.488 e. The molecule has 2 heterocycles. The zero-order valence-corrected chi connectivity index (χ0v) is 20.9. The molecule has 9 heteroatoms. The maximum Gasteiger partial charge on any atom is 0.254 e. The van der Waals surface area contributed by atoms with E-state index in [1.807, 2.05) is 11.4 Å². The van der Waals surface area contributed by atoms with E-state index in [0.29, 0.717) is 17.1 Å². The van der Waals surface area contributed by atoms with E-state index in [1.54, 1.807) is 65.8 Å². The van der Waals surface area contributed by atoms with Crippen molar-refractivity contribution in [2.75, 3.05) is 40.0 Å². The zero-order chi connectivity index (χ0) is 24.8. The second-order valence-corrected chi connectivity index (χ2v) is 9.56. The maximum atomic E-state index is 14.1. The van der Waals surface area contributed by atoms with Crippen molar-refractivity contribution in [1.82, 2.24) is 9.80 Å². The molecule has 1 aliphatic heterocycles. The molecule has 2 amide bonds. The Labute approximate surface area is 212 Å². The first-order valence-corrected chi connectivity index (χ1v) is 12.5. The number of hydrogen-bond acceptors (Lipinski definition) is 5. The first kappa shape index (κ1) is 25.2. The van der Waals surface area contributed by atoms with Gasteiger partial charge in [-0.15, -0.1) is 11.3 Å². The fraction of sp³-hybridized carbons (Fsp3) is 0.308. The summed E-state index contributed by atoms with van der Waals surface area (Å²) in [6, 6.07) is 14.4. The van der Waals surface area contributed by atoms with Crippen molar-refractivity contribution in [3.05, 3.63) is 86.8 Å². The molecule has 3 aromatic rings. The van der Waals surface area contributed by atoms with Gasteiger partial charge in [-0.2, -0.15) is 0 Å². The summed E-state index contributed by atoms with van der Waals surface area (Å²) in [5, 5.41) is 2.43. The fourth-order valence-corrected chi connectivity index (χ4v) is 5.24. The number of hydrogen-bond donors (Lipinski definition) is 0. The Morgan fingerprint density at radius 3 is 2.80 bits per heavy atom. The Kier molecular flexibility index (Phi) is 8.38. The average molecular weight is 517 g/mol. The smallest absolute Gasteiger partial charge is 0.254 e. The number of ether oxygens (including phenoxy) is 2. The molecule has 184 valence electrons. The Bertz CT molecular complexity index is 1190. The third kappa shape index (κ3) is 6.01. The molecule has 0 fully saturated rings. The van der Waals surface area contributed by atoms with Gasteiger partial charge in [0.25, 0.3) is 5.91 Å². The molecular weight excluding hydrogens is 491 g/mol. The number of carbonyl (C=O) groups excluding carboxylic acids is 2. The quantitative estimate of drug-likeness (QED) is 0.408. The molecule has 0 N–H and O–H groups in total. The number of thiophene rings is 1. The summed E-state index contributed by atoms with van der Waals surface area (Å²) in [6.07, 6.45) is 0.718. The second kappa shape index (κ2) is 11.7.